The Bertz CT molecular complexity index is 374. The van der Waals surface area contributed by atoms with Crippen molar-refractivity contribution >= 4 is 5.97 Å². The third kappa shape index (κ3) is 2.63. The molecule has 0 aliphatic heterocycles. The van der Waals surface area contributed by atoms with E-state index in [1.807, 2.05) is 13.8 Å². The van der Waals surface area contributed by atoms with E-state index < -0.39 is 0 Å². The lowest BCUT2D eigenvalue weighted by atomic mass is 9.62. The fraction of sp³-hybridized carbons (Fsp3) is 0.944. The van der Waals surface area contributed by atoms with Crippen molar-refractivity contribution in [1.29, 1.82) is 0 Å². The molecule has 0 aromatic rings. The second-order valence-electron chi connectivity index (χ2n) is 8.17. The minimum absolute atomic E-state index is 0.0157. The van der Waals surface area contributed by atoms with Crippen molar-refractivity contribution in [1.82, 2.24) is 0 Å². The van der Waals surface area contributed by atoms with Gasteiger partial charge in [0.1, 0.15) is 5.60 Å². The molecule has 0 radical (unpaired) electrons. The molecular formula is C18H32O2. The fourth-order valence-corrected chi connectivity index (χ4v) is 4.40. The lowest BCUT2D eigenvalue weighted by molar-refractivity contribution is -0.186. The Hall–Kier alpha value is -0.530. The highest BCUT2D eigenvalue weighted by Crippen LogP contribution is 2.53. The van der Waals surface area contributed by atoms with Gasteiger partial charge < -0.3 is 4.74 Å². The summed E-state index contributed by atoms with van der Waals surface area (Å²) in [7, 11) is 0. The van der Waals surface area contributed by atoms with Crippen LogP contribution in [0.3, 0.4) is 0 Å². The minimum Gasteiger partial charge on any atom is -0.459 e. The van der Waals surface area contributed by atoms with Gasteiger partial charge in [-0.25, -0.2) is 0 Å². The summed E-state index contributed by atoms with van der Waals surface area (Å²) in [4.78, 5) is 12.5. The molecule has 0 aromatic carbocycles. The summed E-state index contributed by atoms with van der Waals surface area (Å²) in [6, 6.07) is 0. The van der Waals surface area contributed by atoms with Crippen LogP contribution in [0, 0.1) is 29.1 Å². The van der Waals surface area contributed by atoms with Crippen molar-refractivity contribution in [2.45, 2.75) is 79.2 Å². The monoisotopic (exact) mass is 280 g/mol. The maximum absolute atomic E-state index is 12.5. The van der Waals surface area contributed by atoms with E-state index in [0.29, 0.717) is 11.8 Å². The van der Waals surface area contributed by atoms with Crippen molar-refractivity contribution in [3.05, 3.63) is 0 Å². The number of carbonyl (C=O) groups is 1. The smallest absolute Gasteiger partial charge is 0.312 e. The number of hydrogen-bond acceptors (Lipinski definition) is 2. The van der Waals surface area contributed by atoms with Gasteiger partial charge >= 0.3 is 5.97 Å². The molecule has 0 N–H and O–H groups in total. The molecule has 0 aromatic heterocycles. The van der Waals surface area contributed by atoms with Crippen molar-refractivity contribution in [3.63, 3.8) is 0 Å². The van der Waals surface area contributed by atoms with Gasteiger partial charge in [0.15, 0.2) is 0 Å². The Morgan fingerprint density at radius 1 is 1.25 bits per heavy atom. The standard InChI is InChI=1S/C18H32O2/c1-7-17(4,5)16(19)20-18(6)11-12(2)14-9-8-10-15(14)13(18)3/h12-15H,7-11H2,1-6H3. The quantitative estimate of drug-likeness (QED) is 0.693. The summed E-state index contributed by atoms with van der Waals surface area (Å²) in [5.74, 6) is 2.76. The van der Waals surface area contributed by atoms with E-state index in [4.69, 9.17) is 4.74 Å². The van der Waals surface area contributed by atoms with Gasteiger partial charge in [0.2, 0.25) is 0 Å². The Balaban J connectivity index is 2.15. The first-order valence-corrected chi connectivity index (χ1v) is 8.44. The van der Waals surface area contributed by atoms with E-state index in [0.717, 1.165) is 24.7 Å². The summed E-state index contributed by atoms with van der Waals surface area (Å²) in [5, 5.41) is 0. The molecule has 2 heteroatoms. The van der Waals surface area contributed by atoms with Gasteiger partial charge in [-0.2, -0.15) is 0 Å². The average Bonchev–Trinajstić information content (AvgIpc) is 2.85. The predicted octanol–water partition coefficient (Wildman–Crippen LogP) is 4.82. The predicted molar refractivity (Wildman–Crippen MR) is 82.3 cm³/mol. The molecule has 2 rings (SSSR count). The molecule has 116 valence electrons. The molecule has 2 nitrogen and oxygen atoms in total. The molecule has 5 unspecified atom stereocenters. The van der Waals surface area contributed by atoms with Crippen LogP contribution in [0.1, 0.15) is 73.6 Å². The first kappa shape index (κ1) is 15.9. The zero-order valence-corrected chi connectivity index (χ0v) is 14.2. The lowest BCUT2D eigenvalue weighted by Crippen LogP contribution is -2.51. The van der Waals surface area contributed by atoms with Gasteiger partial charge in [-0.05, 0) is 70.1 Å². The molecule has 0 amide bonds. The van der Waals surface area contributed by atoms with Gasteiger partial charge in [-0.15, -0.1) is 0 Å². The third-order valence-electron chi connectivity index (χ3n) is 6.45. The highest BCUT2D eigenvalue weighted by atomic mass is 16.6. The summed E-state index contributed by atoms with van der Waals surface area (Å²) in [5.41, 5.74) is -0.632. The molecule has 2 fully saturated rings. The van der Waals surface area contributed by atoms with Gasteiger partial charge in [-0.1, -0.05) is 27.2 Å². The molecule has 0 heterocycles. The van der Waals surface area contributed by atoms with Crippen molar-refractivity contribution in [2.24, 2.45) is 29.1 Å². The van der Waals surface area contributed by atoms with Crippen LogP contribution in [0.2, 0.25) is 0 Å². The molecule has 2 aliphatic rings. The topological polar surface area (TPSA) is 26.3 Å². The number of rotatable bonds is 3. The van der Waals surface area contributed by atoms with Gasteiger partial charge in [0.05, 0.1) is 5.41 Å². The van der Waals surface area contributed by atoms with Crippen molar-refractivity contribution in [3.8, 4) is 0 Å². The molecule has 5 atom stereocenters. The second kappa shape index (κ2) is 5.35. The van der Waals surface area contributed by atoms with Crippen LogP contribution in [0.15, 0.2) is 0 Å². The molecule has 2 saturated carbocycles. The number of hydrogen-bond donors (Lipinski definition) is 0. The van der Waals surface area contributed by atoms with Gasteiger partial charge in [0, 0.05) is 0 Å². The number of ether oxygens (including phenoxy) is 1. The van der Waals surface area contributed by atoms with Crippen LogP contribution in [0.5, 0.6) is 0 Å². The average molecular weight is 280 g/mol. The Labute approximate surface area is 124 Å². The largest absolute Gasteiger partial charge is 0.459 e. The van der Waals surface area contributed by atoms with Crippen LogP contribution in [0.4, 0.5) is 0 Å². The van der Waals surface area contributed by atoms with Crippen LogP contribution in [-0.4, -0.2) is 11.6 Å². The molecular weight excluding hydrogens is 248 g/mol. The van der Waals surface area contributed by atoms with E-state index >= 15 is 0 Å². The maximum atomic E-state index is 12.5. The summed E-state index contributed by atoms with van der Waals surface area (Å²) in [6.07, 6.45) is 5.91. The SMILES string of the molecule is CCC(C)(C)C(=O)OC1(C)CC(C)C2CCCC2C1C. The zero-order valence-electron chi connectivity index (χ0n) is 14.2. The van der Waals surface area contributed by atoms with E-state index in [1.165, 1.54) is 19.3 Å². The second-order valence-corrected chi connectivity index (χ2v) is 8.17. The summed E-state index contributed by atoms with van der Waals surface area (Å²) < 4.78 is 6.09. The number of carbonyl (C=O) groups excluding carboxylic acids is 1. The first-order chi connectivity index (χ1) is 9.21. The molecule has 0 spiro atoms. The molecule has 0 bridgehead atoms. The van der Waals surface area contributed by atoms with Crippen LogP contribution in [-0.2, 0) is 9.53 Å². The van der Waals surface area contributed by atoms with E-state index in [9.17, 15) is 4.79 Å². The van der Waals surface area contributed by atoms with Crippen molar-refractivity contribution < 1.29 is 9.53 Å². The van der Waals surface area contributed by atoms with Crippen LogP contribution >= 0.6 is 0 Å². The first-order valence-electron chi connectivity index (χ1n) is 8.44. The van der Waals surface area contributed by atoms with Gasteiger partial charge in [-0.3, -0.25) is 4.79 Å². The fourth-order valence-electron chi connectivity index (χ4n) is 4.40. The highest BCUT2D eigenvalue weighted by molar-refractivity contribution is 5.76. The Morgan fingerprint density at radius 2 is 1.85 bits per heavy atom. The van der Waals surface area contributed by atoms with Crippen LogP contribution < -0.4 is 0 Å². The van der Waals surface area contributed by atoms with E-state index in [-0.39, 0.29) is 17.0 Å². The highest BCUT2D eigenvalue weighted by Gasteiger charge is 2.51. The molecule has 0 saturated heterocycles. The van der Waals surface area contributed by atoms with Gasteiger partial charge in [0.25, 0.3) is 0 Å². The van der Waals surface area contributed by atoms with Crippen LogP contribution in [0.25, 0.3) is 0 Å². The normalized spacial score (nSPS) is 41.3. The third-order valence-corrected chi connectivity index (χ3v) is 6.45. The maximum Gasteiger partial charge on any atom is 0.312 e. The lowest BCUT2D eigenvalue weighted by Gasteiger charge is -2.49. The molecule has 2 aliphatic carbocycles. The van der Waals surface area contributed by atoms with Crippen molar-refractivity contribution in [2.75, 3.05) is 0 Å². The summed E-state index contributed by atoms with van der Waals surface area (Å²) >= 11 is 0. The van der Waals surface area contributed by atoms with E-state index in [1.54, 1.807) is 0 Å². The Morgan fingerprint density at radius 3 is 2.45 bits per heavy atom. The molecule has 20 heavy (non-hydrogen) atoms. The zero-order chi connectivity index (χ0) is 15.1. The number of fused-ring (bicyclic) bond motifs is 1. The Kier molecular flexibility index (Phi) is 4.24. The number of esters is 1. The summed E-state index contributed by atoms with van der Waals surface area (Å²) in [6.45, 7) is 12.9. The minimum atomic E-state index is -0.363. The van der Waals surface area contributed by atoms with E-state index in [2.05, 4.69) is 27.7 Å².